The van der Waals surface area contributed by atoms with E-state index < -0.39 is 11.4 Å². The standard InChI is InChI=1S/C2H4O3S/c3-1-2(4,6)5-1/h1,3-4,6H. The summed E-state index contributed by atoms with van der Waals surface area (Å²) in [6.07, 6.45) is -1.08. The van der Waals surface area contributed by atoms with Crippen molar-refractivity contribution >= 4 is 12.6 Å². The van der Waals surface area contributed by atoms with Crippen LogP contribution in [0, 0.1) is 0 Å². The number of aliphatic hydroxyl groups is 2. The maximum Gasteiger partial charge on any atom is 0.268 e. The summed E-state index contributed by atoms with van der Waals surface area (Å²) in [5, 5.41) is 14.9. The molecule has 1 aliphatic rings. The molecule has 0 aromatic carbocycles. The van der Waals surface area contributed by atoms with Gasteiger partial charge in [0.05, 0.1) is 0 Å². The zero-order valence-electron chi connectivity index (χ0n) is 2.83. The van der Waals surface area contributed by atoms with Crippen LogP contribution in [0.4, 0.5) is 0 Å². The molecule has 0 spiro atoms. The van der Waals surface area contributed by atoms with Crippen LogP contribution in [0.3, 0.4) is 0 Å². The molecule has 0 aromatic heterocycles. The highest BCUT2D eigenvalue weighted by atomic mass is 32.1. The Morgan fingerprint density at radius 2 is 2.00 bits per heavy atom. The topological polar surface area (TPSA) is 53.0 Å². The molecule has 2 N–H and O–H groups in total. The molecule has 0 bridgehead atoms. The molecule has 1 fully saturated rings. The molecule has 1 heterocycles. The van der Waals surface area contributed by atoms with Gasteiger partial charge in [0.25, 0.3) is 5.12 Å². The first-order chi connectivity index (χ1) is 2.63. The van der Waals surface area contributed by atoms with E-state index in [0.717, 1.165) is 0 Å². The van der Waals surface area contributed by atoms with Crippen molar-refractivity contribution in [2.45, 2.75) is 11.4 Å². The minimum Gasteiger partial charge on any atom is -0.363 e. The van der Waals surface area contributed by atoms with Crippen LogP contribution < -0.4 is 0 Å². The lowest BCUT2D eigenvalue weighted by Gasteiger charge is -1.82. The lowest BCUT2D eigenvalue weighted by atomic mass is 10.8. The Balaban J connectivity index is 2.41. The summed E-state index contributed by atoms with van der Waals surface area (Å²) >= 11 is 3.41. The number of rotatable bonds is 0. The fourth-order valence-corrected chi connectivity index (χ4v) is 0.230. The third-order valence-corrected chi connectivity index (χ3v) is 0.876. The summed E-state index contributed by atoms with van der Waals surface area (Å²) in [4.78, 5) is 0. The van der Waals surface area contributed by atoms with E-state index in [-0.39, 0.29) is 0 Å². The summed E-state index contributed by atoms with van der Waals surface area (Å²) in [6, 6.07) is 0. The average Bonchev–Trinajstić information content (AvgIpc) is 1.73. The molecule has 0 amide bonds. The fourth-order valence-electron chi connectivity index (χ4n) is 0.130. The van der Waals surface area contributed by atoms with E-state index >= 15 is 0 Å². The van der Waals surface area contributed by atoms with Crippen LogP contribution in [0.25, 0.3) is 0 Å². The summed E-state index contributed by atoms with van der Waals surface area (Å²) in [7, 11) is 0. The first-order valence-electron chi connectivity index (χ1n) is 1.43. The lowest BCUT2D eigenvalue weighted by molar-refractivity contribution is 0.123. The van der Waals surface area contributed by atoms with Crippen LogP contribution in [0.2, 0.25) is 0 Å². The SMILES string of the molecule is OC1OC1(O)S. The molecule has 2 unspecified atom stereocenters. The van der Waals surface area contributed by atoms with Gasteiger partial charge in [-0.3, -0.25) is 0 Å². The second-order valence-electron chi connectivity index (χ2n) is 1.13. The lowest BCUT2D eigenvalue weighted by Crippen LogP contribution is -2.01. The van der Waals surface area contributed by atoms with E-state index in [4.69, 9.17) is 10.2 Å². The fraction of sp³-hybridized carbons (Fsp3) is 1.00. The third-order valence-electron chi connectivity index (χ3n) is 0.550. The highest BCUT2D eigenvalue weighted by Gasteiger charge is 2.51. The highest BCUT2D eigenvalue weighted by molar-refractivity contribution is 7.81. The predicted octanol–water partition coefficient (Wildman–Crippen LogP) is -1.09. The van der Waals surface area contributed by atoms with Crippen molar-refractivity contribution in [3.8, 4) is 0 Å². The maximum absolute atomic E-state index is 8.29. The molecular formula is C2H4O3S. The van der Waals surface area contributed by atoms with E-state index in [1.54, 1.807) is 0 Å². The zero-order valence-corrected chi connectivity index (χ0v) is 3.72. The first-order valence-corrected chi connectivity index (χ1v) is 1.88. The van der Waals surface area contributed by atoms with Crippen molar-refractivity contribution in [1.29, 1.82) is 0 Å². The van der Waals surface area contributed by atoms with Crippen LogP contribution in [-0.4, -0.2) is 21.6 Å². The van der Waals surface area contributed by atoms with Crippen molar-refractivity contribution in [3.63, 3.8) is 0 Å². The van der Waals surface area contributed by atoms with Crippen molar-refractivity contribution in [1.82, 2.24) is 0 Å². The minimum atomic E-state index is -1.54. The van der Waals surface area contributed by atoms with Gasteiger partial charge in [-0.1, -0.05) is 0 Å². The van der Waals surface area contributed by atoms with Gasteiger partial charge < -0.3 is 14.9 Å². The minimum absolute atomic E-state index is 1.08. The quantitative estimate of drug-likeness (QED) is 0.210. The molecule has 4 heteroatoms. The second kappa shape index (κ2) is 0.894. The molecule has 36 valence electrons. The largest absolute Gasteiger partial charge is 0.363 e. The third kappa shape index (κ3) is 0.518. The van der Waals surface area contributed by atoms with Gasteiger partial charge in [-0.25, -0.2) is 0 Å². The van der Waals surface area contributed by atoms with Crippen LogP contribution in [-0.2, 0) is 4.74 Å². The summed E-state index contributed by atoms with van der Waals surface area (Å²) in [5.41, 5.74) is 0. The van der Waals surface area contributed by atoms with Crippen LogP contribution >= 0.6 is 12.6 Å². The second-order valence-corrected chi connectivity index (χ2v) is 1.77. The molecule has 6 heavy (non-hydrogen) atoms. The Labute approximate surface area is 40.0 Å². The number of thiol groups is 1. The molecule has 0 aliphatic carbocycles. The summed E-state index contributed by atoms with van der Waals surface area (Å²) < 4.78 is 4.08. The van der Waals surface area contributed by atoms with Gasteiger partial charge in [-0.05, 0) is 0 Å². The van der Waals surface area contributed by atoms with Gasteiger partial charge in [-0.15, -0.1) is 12.6 Å². The number of ether oxygens (including phenoxy) is 1. The number of hydrogen-bond donors (Lipinski definition) is 3. The van der Waals surface area contributed by atoms with Gasteiger partial charge in [-0.2, -0.15) is 0 Å². The Kier molecular flexibility index (Phi) is 0.654. The zero-order chi connectivity index (χ0) is 4.78. The van der Waals surface area contributed by atoms with E-state index in [2.05, 4.69) is 17.4 Å². The highest BCUT2D eigenvalue weighted by Crippen LogP contribution is 2.34. The molecule has 0 aromatic rings. The Hall–Kier alpha value is 0.230. The predicted molar refractivity (Wildman–Crippen MR) is 21.0 cm³/mol. The van der Waals surface area contributed by atoms with Crippen molar-refractivity contribution in [2.24, 2.45) is 0 Å². The van der Waals surface area contributed by atoms with Crippen LogP contribution in [0.15, 0.2) is 0 Å². The van der Waals surface area contributed by atoms with E-state index in [1.165, 1.54) is 0 Å². The smallest absolute Gasteiger partial charge is 0.268 e. The average molecular weight is 108 g/mol. The number of hydrogen-bond acceptors (Lipinski definition) is 4. The van der Waals surface area contributed by atoms with Gasteiger partial charge in [0.15, 0.2) is 0 Å². The molecule has 3 nitrogen and oxygen atoms in total. The Morgan fingerprint density at radius 1 is 1.83 bits per heavy atom. The molecule has 1 rings (SSSR count). The van der Waals surface area contributed by atoms with Crippen molar-refractivity contribution in [3.05, 3.63) is 0 Å². The van der Waals surface area contributed by atoms with E-state index in [1.807, 2.05) is 0 Å². The Morgan fingerprint density at radius 3 is 2.00 bits per heavy atom. The molecule has 0 saturated carbocycles. The number of epoxide rings is 1. The normalized spacial score (nSPS) is 55.5. The number of aliphatic hydroxyl groups excluding tert-OH is 1. The Bertz CT molecular complexity index is 71.2. The van der Waals surface area contributed by atoms with E-state index in [0.29, 0.717) is 0 Å². The summed E-state index contributed by atoms with van der Waals surface area (Å²) in [5.74, 6) is 0. The van der Waals surface area contributed by atoms with Gasteiger partial charge in [0.2, 0.25) is 6.29 Å². The van der Waals surface area contributed by atoms with Crippen molar-refractivity contribution < 1.29 is 14.9 Å². The van der Waals surface area contributed by atoms with Crippen LogP contribution in [0.5, 0.6) is 0 Å². The molecule has 2 atom stereocenters. The van der Waals surface area contributed by atoms with Crippen LogP contribution in [0.1, 0.15) is 0 Å². The molecule has 0 radical (unpaired) electrons. The van der Waals surface area contributed by atoms with Gasteiger partial charge in [0.1, 0.15) is 0 Å². The molecule has 1 aliphatic heterocycles. The van der Waals surface area contributed by atoms with Gasteiger partial charge in [0, 0.05) is 0 Å². The molecular weight excluding hydrogens is 104 g/mol. The maximum atomic E-state index is 8.29. The van der Waals surface area contributed by atoms with Gasteiger partial charge >= 0.3 is 0 Å². The first kappa shape index (κ1) is 4.39. The molecule has 1 saturated heterocycles. The van der Waals surface area contributed by atoms with Crippen molar-refractivity contribution in [2.75, 3.05) is 0 Å². The monoisotopic (exact) mass is 108 g/mol. The van der Waals surface area contributed by atoms with E-state index in [9.17, 15) is 0 Å². The summed E-state index contributed by atoms with van der Waals surface area (Å²) in [6.45, 7) is 0.